The van der Waals surface area contributed by atoms with Crippen LogP contribution in [0.4, 0.5) is 0 Å². The Morgan fingerprint density at radius 2 is 1.87 bits per heavy atom. The van der Waals surface area contributed by atoms with Gasteiger partial charge in [-0.3, -0.25) is 4.79 Å². The zero-order valence-electron chi connectivity index (χ0n) is 13.0. The summed E-state index contributed by atoms with van der Waals surface area (Å²) in [4.78, 5) is 12.9. The summed E-state index contributed by atoms with van der Waals surface area (Å²) in [5.74, 6) is -0.260. The third-order valence-corrected chi connectivity index (χ3v) is 4.62. The molecule has 1 unspecified atom stereocenters. The Bertz CT molecular complexity index is 888. The lowest BCUT2D eigenvalue weighted by Crippen LogP contribution is -2.34. The van der Waals surface area contributed by atoms with Crippen molar-refractivity contribution in [2.45, 2.75) is 12.2 Å². The number of hydrogen-bond donors (Lipinski definition) is 0. The number of ketones is 1. The Kier molecular flexibility index (Phi) is 2.87. The number of ether oxygens (including phenoxy) is 3. The molecule has 0 fully saturated rings. The maximum Gasteiger partial charge on any atom is 0.272 e. The molecule has 0 saturated heterocycles. The van der Waals surface area contributed by atoms with Crippen LogP contribution in [0.25, 0.3) is 16.5 Å². The van der Waals surface area contributed by atoms with Gasteiger partial charge in [-0.1, -0.05) is 43.0 Å². The number of carbonyl (C=O) groups is 1. The van der Waals surface area contributed by atoms with E-state index in [1.54, 1.807) is 0 Å². The summed E-state index contributed by atoms with van der Waals surface area (Å²) in [5, 5.41) is 1.94. The van der Waals surface area contributed by atoms with E-state index < -0.39 is 5.79 Å². The predicted octanol–water partition coefficient (Wildman–Crippen LogP) is 3.67. The molecular formula is C19H16O4. The van der Waals surface area contributed by atoms with Crippen LogP contribution in [-0.2, 0) is 14.2 Å². The summed E-state index contributed by atoms with van der Waals surface area (Å²) in [6.07, 6.45) is 0.287. The molecule has 116 valence electrons. The van der Waals surface area contributed by atoms with Crippen LogP contribution in [0, 0.1) is 0 Å². The van der Waals surface area contributed by atoms with Gasteiger partial charge in [0.25, 0.3) is 5.79 Å². The first-order valence-corrected chi connectivity index (χ1v) is 7.39. The lowest BCUT2D eigenvalue weighted by atomic mass is 9.85. The zero-order chi connectivity index (χ0) is 16.2. The average Bonchev–Trinajstić information content (AvgIpc) is 3.00. The van der Waals surface area contributed by atoms with Crippen LogP contribution in [0.1, 0.15) is 22.3 Å². The molecule has 0 radical (unpaired) electrons. The molecule has 0 aromatic heterocycles. The zero-order valence-corrected chi connectivity index (χ0v) is 13.0. The second-order valence-corrected chi connectivity index (χ2v) is 5.71. The van der Waals surface area contributed by atoms with Crippen molar-refractivity contribution < 1.29 is 19.0 Å². The van der Waals surface area contributed by atoms with E-state index in [0.717, 1.165) is 16.3 Å². The monoisotopic (exact) mass is 308 g/mol. The van der Waals surface area contributed by atoms with Gasteiger partial charge in [-0.15, -0.1) is 0 Å². The maximum absolute atomic E-state index is 12.9. The van der Waals surface area contributed by atoms with Crippen LogP contribution >= 0.6 is 0 Å². The summed E-state index contributed by atoms with van der Waals surface area (Å²) in [6, 6.07) is 11.7. The van der Waals surface area contributed by atoms with Gasteiger partial charge in [0.05, 0.1) is 13.5 Å². The molecule has 0 amide bonds. The summed E-state index contributed by atoms with van der Waals surface area (Å²) in [7, 11) is 3.04. The highest BCUT2D eigenvalue weighted by Gasteiger charge is 2.49. The smallest absolute Gasteiger partial charge is 0.272 e. The lowest BCUT2D eigenvalue weighted by molar-refractivity contribution is -0.163. The molecule has 0 bridgehead atoms. The fourth-order valence-electron chi connectivity index (χ4n) is 3.40. The number of benzene rings is 2. The van der Waals surface area contributed by atoms with Crippen LogP contribution in [-0.4, -0.2) is 25.8 Å². The van der Waals surface area contributed by atoms with Gasteiger partial charge in [-0.25, -0.2) is 0 Å². The van der Waals surface area contributed by atoms with Crippen molar-refractivity contribution in [2.75, 3.05) is 14.2 Å². The van der Waals surface area contributed by atoms with Gasteiger partial charge in [0.1, 0.15) is 5.76 Å². The minimum atomic E-state index is -1.15. The van der Waals surface area contributed by atoms with Gasteiger partial charge in [-0.2, -0.15) is 0 Å². The van der Waals surface area contributed by atoms with Gasteiger partial charge in [0.2, 0.25) is 0 Å². The van der Waals surface area contributed by atoms with E-state index in [0.29, 0.717) is 22.7 Å². The van der Waals surface area contributed by atoms with E-state index in [1.807, 2.05) is 36.4 Å². The highest BCUT2D eigenvalue weighted by atomic mass is 16.7. The SMILES string of the molecule is C=C(OC)C1(OC)CC2=C(O1)c1cccc3cccc(c13)C2=O. The van der Waals surface area contributed by atoms with Crippen LogP contribution in [0.15, 0.2) is 54.3 Å². The molecule has 1 aliphatic heterocycles. The van der Waals surface area contributed by atoms with Gasteiger partial charge >= 0.3 is 0 Å². The molecule has 2 aliphatic rings. The number of hydrogen-bond acceptors (Lipinski definition) is 4. The first-order chi connectivity index (χ1) is 11.1. The van der Waals surface area contributed by atoms with Crippen LogP contribution in [0.5, 0.6) is 0 Å². The Balaban J connectivity index is 1.94. The molecule has 2 aromatic rings. The third kappa shape index (κ3) is 1.72. The lowest BCUT2D eigenvalue weighted by Gasteiger charge is -2.28. The Morgan fingerprint density at radius 1 is 1.17 bits per heavy atom. The molecule has 2 aromatic carbocycles. The first-order valence-electron chi connectivity index (χ1n) is 7.39. The maximum atomic E-state index is 12.9. The minimum Gasteiger partial charge on any atom is -0.495 e. The number of carbonyl (C=O) groups excluding carboxylic acids is 1. The summed E-state index contributed by atoms with van der Waals surface area (Å²) in [6.45, 7) is 3.87. The molecule has 1 heterocycles. The molecule has 0 spiro atoms. The van der Waals surface area contributed by atoms with Gasteiger partial charge in [0, 0.05) is 29.2 Å². The standard InChI is InChI=1S/C19H16O4/c1-11(21-2)19(22-3)10-15-17(20)13-8-4-6-12-7-5-9-14(16(12)13)18(15)23-19/h4-9H,1,10H2,2-3H3. The molecule has 23 heavy (non-hydrogen) atoms. The van der Waals surface area contributed by atoms with Crippen LogP contribution in [0.3, 0.4) is 0 Å². The number of rotatable bonds is 3. The fourth-order valence-corrected chi connectivity index (χ4v) is 3.40. The van der Waals surface area contributed by atoms with Crippen LogP contribution < -0.4 is 0 Å². The van der Waals surface area contributed by atoms with E-state index in [-0.39, 0.29) is 12.2 Å². The van der Waals surface area contributed by atoms with Gasteiger partial charge in [-0.05, 0) is 5.39 Å². The summed E-state index contributed by atoms with van der Waals surface area (Å²) >= 11 is 0. The normalized spacial score (nSPS) is 22.1. The first kappa shape index (κ1) is 14.0. The number of fused-ring (bicyclic) bond motifs is 1. The highest BCUT2D eigenvalue weighted by molar-refractivity contribution is 6.24. The van der Waals surface area contributed by atoms with Crippen molar-refractivity contribution in [3.8, 4) is 0 Å². The molecule has 4 nitrogen and oxygen atoms in total. The molecule has 4 heteroatoms. The second kappa shape index (κ2) is 4.70. The molecule has 4 rings (SSSR count). The topological polar surface area (TPSA) is 44.8 Å². The van der Waals surface area contributed by atoms with E-state index in [9.17, 15) is 4.79 Å². The molecule has 1 aliphatic carbocycles. The highest BCUT2D eigenvalue weighted by Crippen LogP contribution is 2.49. The minimum absolute atomic E-state index is 0.0212. The number of Topliss-reactive ketones (excluding diaryl/α,β-unsaturated/α-hetero) is 1. The van der Waals surface area contributed by atoms with Crippen molar-refractivity contribution >= 4 is 22.3 Å². The van der Waals surface area contributed by atoms with Crippen molar-refractivity contribution in [1.82, 2.24) is 0 Å². The molecule has 1 atom stereocenters. The number of methoxy groups -OCH3 is 2. The van der Waals surface area contributed by atoms with Gasteiger partial charge < -0.3 is 14.2 Å². The summed E-state index contributed by atoms with van der Waals surface area (Å²) < 4.78 is 16.9. The Morgan fingerprint density at radius 3 is 2.52 bits per heavy atom. The average molecular weight is 308 g/mol. The van der Waals surface area contributed by atoms with Crippen molar-refractivity contribution in [3.05, 3.63) is 65.4 Å². The van der Waals surface area contributed by atoms with E-state index in [1.165, 1.54) is 14.2 Å². The van der Waals surface area contributed by atoms with Crippen molar-refractivity contribution in [3.63, 3.8) is 0 Å². The molecular weight excluding hydrogens is 292 g/mol. The third-order valence-electron chi connectivity index (χ3n) is 4.62. The largest absolute Gasteiger partial charge is 0.495 e. The van der Waals surface area contributed by atoms with Crippen molar-refractivity contribution in [1.29, 1.82) is 0 Å². The van der Waals surface area contributed by atoms with Crippen LogP contribution in [0.2, 0.25) is 0 Å². The molecule has 0 N–H and O–H groups in total. The van der Waals surface area contributed by atoms with E-state index >= 15 is 0 Å². The Labute approximate surface area is 134 Å². The van der Waals surface area contributed by atoms with Crippen molar-refractivity contribution in [2.24, 2.45) is 0 Å². The predicted molar refractivity (Wildman–Crippen MR) is 86.8 cm³/mol. The van der Waals surface area contributed by atoms with Gasteiger partial charge in [0.15, 0.2) is 11.5 Å². The summed E-state index contributed by atoms with van der Waals surface area (Å²) in [5.41, 5.74) is 2.22. The second-order valence-electron chi connectivity index (χ2n) is 5.71. The van der Waals surface area contributed by atoms with E-state index in [2.05, 4.69) is 6.58 Å². The Hall–Kier alpha value is -2.59. The quantitative estimate of drug-likeness (QED) is 0.812. The van der Waals surface area contributed by atoms with E-state index in [4.69, 9.17) is 14.2 Å². The molecule has 0 saturated carbocycles. The fraction of sp³-hybridized carbons (Fsp3) is 0.211.